The first-order valence-corrected chi connectivity index (χ1v) is 11.3. The molecule has 2 unspecified atom stereocenters. The molecule has 28 heavy (non-hydrogen) atoms. The summed E-state index contributed by atoms with van der Waals surface area (Å²) in [7, 11) is 0. The van der Waals surface area contributed by atoms with Gasteiger partial charge in [0.1, 0.15) is 18.8 Å². The van der Waals surface area contributed by atoms with Crippen LogP contribution in [0.4, 0.5) is 0 Å². The first kappa shape index (κ1) is 27.3. The Morgan fingerprint density at radius 3 is 1.68 bits per heavy atom. The zero-order valence-electron chi connectivity index (χ0n) is 17.9. The van der Waals surface area contributed by atoms with E-state index in [1.807, 2.05) is 0 Å². The second-order valence-corrected chi connectivity index (χ2v) is 7.70. The first-order valence-electron chi connectivity index (χ1n) is 11.3. The molecule has 0 saturated carbocycles. The van der Waals surface area contributed by atoms with E-state index in [4.69, 9.17) is 19.7 Å². The third kappa shape index (κ3) is 20.1. The van der Waals surface area contributed by atoms with Gasteiger partial charge in [0.05, 0.1) is 19.8 Å². The first-order chi connectivity index (χ1) is 13.6. The van der Waals surface area contributed by atoms with Crippen molar-refractivity contribution < 1.29 is 29.6 Å². The fourth-order valence-corrected chi connectivity index (χ4v) is 2.99. The largest absolute Gasteiger partial charge is 0.463 e. The minimum absolute atomic E-state index is 0.0386. The Morgan fingerprint density at radius 2 is 1.18 bits per heavy atom. The summed E-state index contributed by atoms with van der Waals surface area (Å²) < 4.78 is 10.0. The van der Waals surface area contributed by atoms with Crippen LogP contribution in [-0.4, -0.2) is 59.9 Å². The summed E-state index contributed by atoms with van der Waals surface area (Å²) in [6, 6.07) is 0. The van der Waals surface area contributed by atoms with Gasteiger partial charge in [0, 0.05) is 6.42 Å². The van der Waals surface area contributed by atoms with E-state index in [0.717, 1.165) is 19.3 Å². The predicted octanol–water partition coefficient (Wildman–Crippen LogP) is 3.74. The maximum atomic E-state index is 11.6. The molecular weight excluding hydrogens is 360 g/mol. The lowest BCUT2D eigenvalue weighted by Gasteiger charge is -2.13. The van der Waals surface area contributed by atoms with Gasteiger partial charge in [0.25, 0.3) is 0 Å². The Morgan fingerprint density at radius 1 is 0.714 bits per heavy atom. The molecule has 0 aromatic heterocycles. The highest BCUT2D eigenvalue weighted by Gasteiger charge is 2.10. The van der Waals surface area contributed by atoms with Gasteiger partial charge in [-0.05, 0) is 6.42 Å². The van der Waals surface area contributed by atoms with Crippen molar-refractivity contribution in [2.45, 2.75) is 109 Å². The van der Waals surface area contributed by atoms with E-state index in [1.165, 1.54) is 64.2 Å². The molecule has 0 fully saturated rings. The van der Waals surface area contributed by atoms with Gasteiger partial charge in [-0.1, -0.05) is 84.0 Å². The number of hydrogen-bond donors (Lipinski definition) is 3. The number of hydrogen-bond acceptors (Lipinski definition) is 6. The van der Waals surface area contributed by atoms with Crippen LogP contribution >= 0.6 is 0 Å². The molecule has 2 atom stereocenters. The van der Waals surface area contributed by atoms with Gasteiger partial charge >= 0.3 is 5.97 Å². The van der Waals surface area contributed by atoms with Gasteiger partial charge in [-0.25, -0.2) is 0 Å². The minimum atomic E-state index is -0.953. The van der Waals surface area contributed by atoms with Gasteiger partial charge < -0.3 is 24.8 Å². The molecule has 0 aliphatic carbocycles. The lowest BCUT2D eigenvalue weighted by Crippen LogP contribution is -2.27. The smallest absolute Gasteiger partial charge is 0.305 e. The summed E-state index contributed by atoms with van der Waals surface area (Å²) in [6.45, 7) is 1.67. The van der Waals surface area contributed by atoms with Crippen LogP contribution < -0.4 is 0 Å². The van der Waals surface area contributed by atoms with Crippen LogP contribution in [0.2, 0.25) is 0 Å². The molecule has 0 aromatic carbocycles. The van der Waals surface area contributed by atoms with Gasteiger partial charge in [0.15, 0.2) is 0 Å². The highest BCUT2D eigenvalue weighted by atomic mass is 16.5. The molecule has 0 saturated heterocycles. The molecular formula is C22H44O6. The van der Waals surface area contributed by atoms with E-state index in [1.54, 1.807) is 0 Å². The quantitative estimate of drug-likeness (QED) is 0.199. The predicted molar refractivity (Wildman–Crippen MR) is 111 cm³/mol. The van der Waals surface area contributed by atoms with E-state index in [-0.39, 0.29) is 32.4 Å². The standard InChI is InChI=1S/C22H44O6/c1-2-3-4-5-6-7-8-9-10-11-12-13-14-15-22(26)28-19-21(25)18-27-17-20(24)16-23/h20-21,23-25H,2-19H2,1H3. The molecule has 0 bridgehead atoms. The molecule has 0 rings (SSSR count). The lowest BCUT2D eigenvalue weighted by atomic mass is 10.0. The summed E-state index contributed by atoms with van der Waals surface area (Å²) in [4.78, 5) is 11.6. The van der Waals surface area contributed by atoms with E-state index in [2.05, 4.69) is 6.92 Å². The van der Waals surface area contributed by atoms with Crippen molar-refractivity contribution in [1.29, 1.82) is 0 Å². The Kier molecular flexibility index (Phi) is 20.5. The fourth-order valence-electron chi connectivity index (χ4n) is 2.99. The average Bonchev–Trinajstić information content (AvgIpc) is 2.69. The normalized spacial score (nSPS) is 13.4. The van der Waals surface area contributed by atoms with Crippen molar-refractivity contribution in [1.82, 2.24) is 0 Å². The maximum Gasteiger partial charge on any atom is 0.305 e. The summed E-state index contributed by atoms with van der Waals surface area (Å²) in [5, 5.41) is 27.3. The Balaban J connectivity index is 3.30. The van der Waals surface area contributed by atoms with Crippen molar-refractivity contribution in [2.75, 3.05) is 26.4 Å². The monoisotopic (exact) mass is 404 g/mol. The van der Waals surface area contributed by atoms with Crippen LogP contribution in [0.1, 0.15) is 96.8 Å². The molecule has 0 spiro atoms. The van der Waals surface area contributed by atoms with Gasteiger partial charge in [-0.15, -0.1) is 0 Å². The Labute approximate surface area is 171 Å². The topological polar surface area (TPSA) is 96.2 Å². The van der Waals surface area contributed by atoms with Crippen LogP contribution in [0.5, 0.6) is 0 Å². The second-order valence-electron chi connectivity index (χ2n) is 7.70. The van der Waals surface area contributed by atoms with Crippen molar-refractivity contribution >= 4 is 5.97 Å². The molecule has 168 valence electrons. The fraction of sp³-hybridized carbons (Fsp3) is 0.955. The van der Waals surface area contributed by atoms with Crippen LogP contribution in [-0.2, 0) is 14.3 Å². The number of rotatable bonds is 21. The zero-order chi connectivity index (χ0) is 20.9. The van der Waals surface area contributed by atoms with Gasteiger partial charge in [0.2, 0.25) is 0 Å². The molecule has 0 radical (unpaired) electrons. The molecule has 6 nitrogen and oxygen atoms in total. The second kappa shape index (κ2) is 21.0. The molecule has 0 heterocycles. The number of aliphatic hydroxyl groups is 3. The molecule has 0 aliphatic heterocycles. The average molecular weight is 405 g/mol. The lowest BCUT2D eigenvalue weighted by molar-refractivity contribution is -0.148. The van der Waals surface area contributed by atoms with Gasteiger partial charge in [-0.2, -0.15) is 0 Å². The highest BCUT2D eigenvalue weighted by Crippen LogP contribution is 2.13. The van der Waals surface area contributed by atoms with Crippen molar-refractivity contribution in [3.8, 4) is 0 Å². The zero-order valence-corrected chi connectivity index (χ0v) is 17.9. The van der Waals surface area contributed by atoms with E-state index < -0.39 is 12.2 Å². The summed E-state index contributed by atoms with van der Waals surface area (Å²) in [6.07, 6.45) is 15.0. The van der Waals surface area contributed by atoms with E-state index in [9.17, 15) is 9.90 Å². The van der Waals surface area contributed by atoms with Crippen molar-refractivity contribution in [3.05, 3.63) is 0 Å². The summed E-state index contributed by atoms with van der Waals surface area (Å²) in [5.74, 6) is -0.294. The Hall–Kier alpha value is -0.690. The van der Waals surface area contributed by atoms with Crippen molar-refractivity contribution in [3.63, 3.8) is 0 Å². The van der Waals surface area contributed by atoms with E-state index >= 15 is 0 Å². The number of carbonyl (C=O) groups is 1. The van der Waals surface area contributed by atoms with Crippen LogP contribution in [0, 0.1) is 0 Å². The number of carbonyl (C=O) groups excluding carboxylic acids is 1. The molecule has 0 amide bonds. The van der Waals surface area contributed by atoms with Gasteiger partial charge in [-0.3, -0.25) is 4.79 Å². The number of ether oxygens (including phenoxy) is 2. The van der Waals surface area contributed by atoms with Crippen LogP contribution in [0.25, 0.3) is 0 Å². The van der Waals surface area contributed by atoms with Crippen molar-refractivity contribution in [2.24, 2.45) is 0 Å². The summed E-state index contributed by atoms with van der Waals surface area (Å²) >= 11 is 0. The molecule has 0 aromatic rings. The molecule has 3 N–H and O–H groups in total. The van der Waals surface area contributed by atoms with E-state index in [0.29, 0.717) is 6.42 Å². The molecule has 6 heteroatoms. The molecule has 0 aliphatic rings. The SMILES string of the molecule is CCCCCCCCCCCCCCCC(=O)OCC(O)COCC(O)CO. The van der Waals surface area contributed by atoms with Crippen LogP contribution in [0.3, 0.4) is 0 Å². The number of aliphatic hydroxyl groups excluding tert-OH is 3. The number of esters is 1. The third-order valence-corrected chi connectivity index (χ3v) is 4.75. The number of unbranched alkanes of at least 4 members (excludes halogenated alkanes) is 12. The minimum Gasteiger partial charge on any atom is -0.463 e. The Bertz CT molecular complexity index is 337. The third-order valence-electron chi connectivity index (χ3n) is 4.75. The summed E-state index contributed by atoms with van der Waals surface area (Å²) in [5.41, 5.74) is 0. The maximum absolute atomic E-state index is 11.6. The van der Waals surface area contributed by atoms with Crippen LogP contribution in [0.15, 0.2) is 0 Å². The highest BCUT2D eigenvalue weighted by molar-refractivity contribution is 5.69.